The molecule has 2 aromatic rings. The molecule has 0 aliphatic carbocycles. The molecule has 1 amide bonds. The lowest BCUT2D eigenvalue weighted by atomic mass is 10.1. The van der Waals surface area contributed by atoms with Gasteiger partial charge in [0, 0.05) is 25.0 Å². The van der Waals surface area contributed by atoms with Crippen LogP contribution in [0.1, 0.15) is 17.5 Å². The molecule has 5 nitrogen and oxygen atoms in total. The van der Waals surface area contributed by atoms with Crippen molar-refractivity contribution in [3.8, 4) is 5.75 Å². The first-order valence-electron chi connectivity index (χ1n) is 7.86. The Morgan fingerprint density at radius 1 is 1.04 bits per heavy atom. The van der Waals surface area contributed by atoms with Crippen LogP contribution in [0, 0.1) is 0 Å². The van der Waals surface area contributed by atoms with Gasteiger partial charge in [0.15, 0.2) is 6.61 Å². The van der Waals surface area contributed by atoms with Gasteiger partial charge in [-0.2, -0.15) is 0 Å². The molecule has 0 atom stereocenters. The third-order valence-electron chi connectivity index (χ3n) is 3.67. The highest BCUT2D eigenvalue weighted by Gasteiger charge is 2.10. The van der Waals surface area contributed by atoms with Gasteiger partial charge in [-0.3, -0.25) is 4.79 Å². The van der Waals surface area contributed by atoms with Gasteiger partial charge in [0.1, 0.15) is 5.75 Å². The van der Waals surface area contributed by atoms with Crippen molar-refractivity contribution in [3.63, 3.8) is 0 Å². The molecule has 0 radical (unpaired) electrons. The second kappa shape index (κ2) is 9.08. The van der Waals surface area contributed by atoms with Crippen LogP contribution in [0.2, 0.25) is 5.02 Å². The first-order valence-corrected chi connectivity index (χ1v) is 8.24. The number of carbonyl (C=O) groups is 2. The van der Waals surface area contributed by atoms with Crippen LogP contribution in [0.5, 0.6) is 5.75 Å². The van der Waals surface area contributed by atoms with E-state index in [0.29, 0.717) is 30.2 Å². The molecule has 1 N–H and O–H groups in total. The predicted molar refractivity (Wildman–Crippen MR) is 95.8 cm³/mol. The average Bonchev–Trinajstić information content (AvgIpc) is 2.60. The van der Waals surface area contributed by atoms with Crippen molar-refractivity contribution in [2.45, 2.75) is 19.4 Å². The van der Waals surface area contributed by atoms with Crippen LogP contribution in [-0.4, -0.2) is 35.5 Å². The van der Waals surface area contributed by atoms with Crippen molar-refractivity contribution in [2.24, 2.45) is 0 Å². The summed E-state index contributed by atoms with van der Waals surface area (Å²) in [6.07, 6.45) is 1.10. The lowest BCUT2D eigenvalue weighted by molar-refractivity contribution is -0.139. The van der Waals surface area contributed by atoms with Crippen molar-refractivity contribution in [1.29, 1.82) is 0 Å². The molecule has 6 heteroatoms. The molecule has 2 rings (SSSR count). The normalized spacial score (nSPS) is 10.3. The summed E-state index contributed by atoms with van der Waals surface area (Å²) in [6.45, 7) is 0.112. The Balaban J connectivity index is 1.81. The molecule has 25 heavy (non-hydrogen) atoms. The first kappa shape index (κ1) is 18.8. The molecular formula is C19H20ClNO4. The Morgan fingerprint density at radius 2 is 1.64 bits per heavy atom. The fourth-order valence-electron chi connectivity index (χ4n) is 2.29. The van der Waals surface area contributed by atoms with Gasteiger partial charge in [-0.25, -0.2) is 4.79 Å². The van der Waals surface area contributed by atoms with E-state index in [1.165, 1.54) is 0 Å². The minimum Gasteiger partial charge on any atom is -0.482 e. The summed E-state index contributed by atoms with van der Waals surface area (Å²) >= 11 is 5.85. The number of rotatable bonds is 8. The van der Waals surface area contributed by atoms with Crippen LogP contribution < -0.4 is 4.74 Å². The molecule has 0 spiro atoms. The van der Waals surface area contributed by atoms with E-state index in [9.17, 15) is 9.59 Å². The number of hydrogen-bond acceptors (Lipinski definition) is 3. The van der Waals surface area contributed by atoms with E-state index in [2.05, 4.69) is 0 Å². The molecule has 0 aliphatic rings. The third-order valence-corrected chi connectivity index (χ3v) is 3.92. The van der Waals surface area contributed by atoms with E-state index in [0.717, 1.165) is 11.1 Å². The summed E-state index contributed by atoms with van der Waals surface area (Å²) < 4.78 is 5.08. The van der Waals surface area contributed by atoms with Gasteiger partial charge in [0.2, 0.25) is 5.91 Å². The summed E-state index contributed by atoms with van der Waals surface area (Å²) in [5.74, 6) is -0.473. The number of ether oxygens (including phenoxy) is 1. The van der Waals surface area contributed by atoms with Crippen molar-refractivity contribution >= 4 is 23.5 Å². The van der Waals surface area contributed by atoms with Crippen LogP contribution in [0.3, 0.4) is 0 Å². The number of aliphatic carboxylic acids is 1. The molecule has 2 aromatic carbocycles. The summed E-state index contributed by atoms with van der Waals surface area (Å²) in [5, 5.41) is 9.26. The van der Waals surface area contributed by atoms with Gasteiger partial charge >= 0.3 is 5.97 Å². The van der Waals surface area contributed by atoms with E-state index in [1.807, 2.05) is 36.4 Å². The number of halogens is 1. The molecule has 0 saturated heterocycles. The van der Waals surface area contributed by atoms with Gasteiger partial charge < -0.3 is 14.7 Å². The second-order valence-corrected chi connectivity index (χ2v) is 6.14. The fourth-order valence-corrected chi connectivity index (χ4v) is 2.42. The summed E-state index contributed by atoms with van der Waals surface area (Å²) in [5.41, 5.74) is 2.02. The van der Waals surface area contributed by atoms with Crippen molar-refractivity contribution in [1.82, 2.24) is 4.90 Å². The van der Waals surface area contributed by atoms with Crippen LogP contribution in [0.4, 0.5) is 0 Å². The van der Waals surface area contributed by atoms with E-state index >= 15 is 0 Å². The Morgan fingerprint density at radius 3 is 2.24 bits per heavy atom. The first-order chi connectivity index (χ1) is 11.9. The highest BCUT2D eigenvalue weighted by atomic mass is 35.5. The van der Waals surface area contributed by atoms with Gasteiger partial charge in [0.25, 0.3) is 0 Å². The standard InChI is InChI=1S/C19H20ClNO4/c1-21(18(22)11-6-14-2-7-16(20)8-3-14)12-15-4-9-17(10-5-15)25-13-19(23)24/h2-5,7-10H,6,11-13H2,1H3,(H,23,24). The van der Waals surface area contributed by atoms with Gasteiger partial charge in [-0.1, -0.05) is 35.9 Å². The maximum absolute atomic E-state index is 12.2. The Bertz CT molecular complexity index is 713. The minimum atomic E-state index is -1.02. The average molecular weight is 362 g/mol. The smallest absolute Gasteiger partial charge is 0.341 e. The minimum absolute atomic E-state index is 0.0566. The van der Waals surface area contributed by atoms with Crippen molar-refractivity contribution < 1.29 is 19.4 Å². The Labute approximate surface area is 151 Å². The number of amides is 1. The Hall–Kier alpha value is -2.53. The molecule has 0 aromatic heterocycles. The number of carbonyl (C=O) groups excluding carboxylic acids is 1. The number of nitrogens with zero attached hydrogens (tertiary/aromatic N) is 1. The van der Waals surface area contributed by atoms with E-state index in [1.54, 1.807) is 24.1 Å². The fraction of sp³-hybridized carbons (Fsp3) is 0.263. The molecule has 0 saturated carbocycles. The lowest BCUT2D eigenvalue weighted by Crippen LogP contribution is -2.26. The summed E-state index contributed by atoms with van der Waals surface area (Å²) in [4.78, 5) is 24.4. The number of carboxylic acid groups (broad SMARTS) is 1. The zero-order valence-corrected chi connectivity index (χ0v) is 14.7. The van der Waals surface area contributed by atoms with E-state index < -0.39 is 5.97 Å². The quantitative estimate of drug-likeness (QED) is 0.782. The number of hydrogen-bond donors (Lipinski definition) is 1. The number of carboxylic acids is 1. The highest BCUT2D eigenvalue weighted by Crippen LogP contribution is 2.15. The molecule has 0 fully saturated rings. The molecular weight excluding hydrogens is 342 g/mol. The topological polar surface area (TPSA) is 66.8 Å². The lowest BCUT2D eigenvalue weighted by Gasteiger charge is -2.17. The van der Waals surface area contributed by atoms with Gasteiger partial charge in [-0.15, -0.1) is 0 Å². The van der Waals surface area contributed by atoms with Crippen LogP contribution >= 0.6 is 11.6 Å². The molecule has 0 aliphatic heterocycles. The Kier molecular flexibility index (Phi) is 6.83. The van der Waals surface area contributed by atoms with Crippen LogP contribution in [0.25, 0.3) is 0 Å². The van der Waals surface area contributed by atoms with Gasteiger partial charge in [0.05, 0.1) is 0 Å². The molecule has 0 unspecified atom stereocenters. The second-order valence-electron chi connectivity index (χ2n) is 5.70. The van der Waals surface area contributed by atoms with Gasteiger partial charge in [-0.05, 0) is 41.8 Å². The number of benzene rings is 2. The summed E-state index contributed by atoms with van der Waals surface area (Å²) in [6, 6.07) is 14.5. The van der Waals surface area contributed by atoms with E-state index in [4.69, 9.17) is 21.4 Å². The molecule has 132 valence electrons. The van der Waals surface area contributed by atoms with Crippen LogP contribution in [0.15, 0.2) is 48.5 Å². The van der Waals surface area contributed by atoms with Crippen LogP contribution in [-0.2, 0) is 22.6 Å². The third kappa shape index (κ3) is 6.47. The monoisotopic (exact) mass is 361 g/mol. The zero-order chi connectivity index (χ0) is 18.2. The number of aryl methyl sites for hydroxylation is 1. The van der Waals surface area contributed by atoms with E-state index in [-0.39, 0.29) is 12.5 Å². The van der Waals surface area contributed by atoms with Crippen molar-refractivity contribution in [3.05, 3.63) is 64.7 Å². The SMILES string of the molecule is CN(Cc1ccc(OCC(=O)O)cc1)C(=O)CCc1ccc(Cl)cc1. The van der Waals surface area contributed by atoms with Crippen molar-refractivity contribution in [2.75, 3.05) is 13.7 Å². The highest BCUT2D eigenvalue weighted by molar-refractivity contribution is 6.30. The maximum atomic E-state index is 12.2. The largest absolute Gasteiger partial charge is 0.482 e. The maximum Gasteiger partial charge on any atom is 0.341 e. The predicted octanol–water partition coefficient (Wildman–Crippen LogP) is 3.39. The molecule has 0 heterocycles. The summed E-state index contributed by atoms with van der Waals surface area (Å²) in [7, 11) is 1.76. The molecule has 0 bridgehead atoms. The zero-order valence-electron chi connectivity index (χ0n) is 13.9.